The van der Waals surface area contributed by atoms with Crippen LogP contribution in [0.2, 0.25) is 0 Å². The molecule has 7 heteroatoms. The topological polar surface area (TPSA) is 72.6 Å². The van der Waals surface area contributed by atoms with E-state index in [2.05, 4.69) is 4.98 Å². The molecular weight excluding hydrogens is 352 g/mol. The predicted molar refractivity (Wildman–Crippen MR) is 101 cm³/mol. The molecule has 4 rings (SSSR count). The number of ether oxygens (including phenoxy) is 1. The highest BCUT2D eigenvalue weighted by atomic mass is 32.1. The molecule has 2 aromatic heterocycles. The van der Waals surface area contributed by atoms with Gasteiger partial charge < -0.3 is 14.1 Å². The molecule has 0 bridgehead atoms. The summed E-state index contributed by atoms with van der Waals surface area (Å²) >= 11 is 1.44. The number of thiazole rings is 1. The molecule has 0 saturated heterocycles. The predicted octanol–water partition coefficient (Wildman–Crippen LogP) is 4.13. The number of rotatable bonds is 2. The second-order valence-corrected chi connectivity index (χ2v) is 6.92. The molecule has 0 aliphatic carbocycles. The molecule has 0 saturated carbocycles. The van der Waals surface area contributed by atoms with Gasteiger partial charge in [0.2, 0.25) is 5.43 Å². The van der Waals surface area contributed by atoms with Crippen molar-refractivity contribution in [1.82, 2.24) is 9.88 Å². The van der Waals surface area contributed by atoms with Crippen LogP contribution in [0.5, 0.6) is 5.75 Å². The summed E-state index contributed by atoms with van der Waals surface area (Å²) < 4.78 is 11.8. The Morgan fingerprint density at radius 2 is 2.00 bits per heavy atom. The van der Waals surface area contributed by atoms with E-state index in [1.54, 1.807) is 26.2 Å². The highest BCUT2D eigenvalue weighted by molar-refractivity contribution is 7.21. The largest absolute Gasteiger partial charge is 0.463 e. The number of amides is 1. The first-order valence-electron chi connectivity index (χ1n) is 7.83. The first kappa shape index (κ1) is 16.3. The van der Waals surface area contributed by atoms with Gasteiger partial charge in [-0.1, -0.05) is 12.1 Å². The third-order valence-electron chi connectivity index (χ3n) is 3.84. The summed E-state index contributed by atoms with van der Waals surface area (Å²) in [5, 5.41) is 1.02. The Morgan fingerprint density at radius 1 is 1.19 bits per heavy atom. The zero-order chi connectivity index (χ0) is 18.3. The molecule has 4 aromatic rings. The van der Waals surface area contributed by atoms with Gasteiger partial charge in [0.25, 0.3) is 0 Å². The maximum Gasteiger partial charge on any atom is 0.414 e. The van der Waals surface area contributed by atoms with Gasteiger partial charge in [0.05, 0.1) is 21.2 Å². The molecule has 0 spiro atoms. The quantitative estimate of drug-likeness (QED) is 0.533. The lowest BCUT2D eigenvalue weighted by Gasteiger charge is -2.10. The monoisotopic (exact) mass is 366 g/mol. The Labute approximate surface area is 152 Å². The van der Waals surface area contributed by atoms with Crippen molar-refractivity contribution in [2.75, 3.05) is 14.1 Å². The third kappa shape index (κ3) is 2.82. The van der Waals surface area contributed by atoms with Crippen molar-refractivity contribution >= 4 is 38.6 Å². The smallest absolute Gasteiger partial charge is 0.414 e. The molecular formula is C19H14N2O4S. The van der Waals surface area contributed by atoms with Crippen molar-refractivity contribution in [2.45, 2.75) is 0 Å². The number of nitrogens with zero attached hydrogens (tertiary/aromatic N) is 2. The summed E-state index contributed by atoms with van der Waals surface area (Å²) in [6.45, 7) is 0. The van der Waals surface area contributed by atoms with Crippen LogP contribution >= 0.6 is 11.3 Å². The van der Waals surface area contributed by atoms with Gasteiger partial charge in [-0.25, -0.2) is 9.78 Å². The second kappa shape index (κ2) is 6.27. The van der Waals surface area contributed by atoms with E-state index in [-0.39, 0.29) is 5.43 Å². The number of aromatic nitrogens is 1. The maximum atomic E-state index is 12.8. The Hall–Kier alpha value is -3.19. The van der Waals surface area contributed by atoms with Gasteiger partial charge in [0.15, 0.2) is 0 Å². The van der Waals surface area contributed by atoms with Crippen LogP contribution in [0.3, 0.4) is 0 Å². The van der Waals surface area contributed by atoms with Crippen LogP contribution in [0.4, 0.5) is 4.79 Å². The van der Waals surface area contributed by atoms with Crippen molar-refractivity contribution in [2.24, 2.45) is 0 Å². The Bertz CT molecular complexity index is 1160. The van der Waals surface area contributed by atoms with E-state index < -0.39 is 6.09 Å². The molecule has 2 aromatic carbocycles. The average molecular weight is 366 g/mol. The van der Waals surface area contributed by atoms with Gasteiger partial charge >= 0.3 is 6.09 Å². The van der Waals surface area contributed by atoms with Crippen molar-refractivity contribution in [3.63, 3.8) is 0 Å². The fraction of sp³-hybridized carbons (Fsp3) is 0.105. The molecule has 6 nitrogen and oxygen atoms in total. The number of hydrogen-bond acceptors (Lipinski definition) is 6. The van der Waals surface area contributed by atoms with Gasteiger partial charge in [-0.3, -0.25) is 4.79 Å². The molecule has 130 valence electrons. The number of hydrogen-bond donors (Lipinski definition) is 0. The number of fused-ring (bicyclic) bond motifs is 2. The summed E-state index contributed by atoms with van der Waals surface area (Å²) in [7, 11) is 3.18. The Morgan fingerprint density at radius 3 is 2.77 bits per heavy atom. The SMILES string of the molecule is CN(C)C(=O)Oc1ccc2c(=O)c(-c3nc4ccccc4s3)coc2c1. The number of benzene rings is 2. The molecule has 0 atom stereocenters. The molecule has 0 fully saturated rings. The minimum absolute atomic E-state index is 0.171. The summed E-state index contributed by atoms with van der Waals surface area (Å²) in [4.78, 5) is 30.3. The summed E-state index contributed by atoms with van der Waals surface area (Å²) in [5.74, 6) is 0.312. The molecule has 0 N–H and O–H groups in total. The normalized spacial score (nSPS) is 11.0. The number of carbonyl (C=O) groups excluding carboxylic acids is 1. The first-order chi connectivity index (χ1) is 12.5. The van der Waals surface area contributed by atoms with Crippen LogP contribution in [-0.4, -0.2) is 30.1 Å². The lowest BCUT2D eigenvalue weighted by molar-refractivity contribution is 0.172. The van der Waals surface area contributed by atoms with Crippen LogP contribution in [0.25, 0.3) is 31.8 Å². The van der Waals surface area contributed by atoms with Crippen molar-refractivity contribution in [1.29, 1.82) is 0 Å². The fourth-order valence-corrected chi connectivity index (χ4v) is 3.47. The van der Waals surface area contributed by atoms with Crippen LogP contribution in [0.1, 0.15) is 0 Å². The van der Waals surface area contributed by atoms with Gasteiger partial charge in [0, 0.05) is 20.2 Å². The van der Waals surface area contributed by atoms with Crippen LogP contribution < -0.4 is 10.2 Å². The molecule has 1 amide bonds. The van der Waals surface area contributed by atoms with E-state index in [1.807, 2.05) is 24.3 Å². The average Bonchev–Trinajstić information content (AvgIpc) is 3.05. The third-order valence-corrected chi connectivity index (χ3v) is 4.91. The van der Waals surface area contributed by atoms with Crippen molar-refractivity contribution < 1.29 is 13.9 Å². The number of para-hydroxylation sites is 1. The van der Waals surface area contributed by atoms with Gasteiger partial charge in [-0.15, -0.1) is 11.3 Å². The number of carbonyl (C=O) groups is 1. The van der Waals surface area contributed by atoms with Crippen molar-refractivity contribution in [3.05, 3.63) is 59.0 Å². The highest BCUT2D eigenvalue weighted by Crippen LogP contribution is 2.30. The summed E-state index contributed by atoms with van der Waals surface area (Å²) in [6.07, 6.45) is 0.901. The molecule has 26 heavy (non-hydrogen) atoms. The van der Waals surface area contributed by atoms with Crippen molar-refractivity contribution in [3.8, 4) is 16.3 Å². The second-order valence-electron chi connectivity index (χ2n) is 5.89. The molecule has 0 radical (unpaired) electrons. The Balaban J connectivity index is 1.77. The fourth-order valence-electron chi connectivity index (χ4n) is 2.50. The zero-order valence-corrected chi connectivity index (χ0v) is 14.9. The van der Waals surface area contributed by atoms with Crippen LogP contribution in [0.15, 0.2) is 57.9 Å². The summed E-state index contributed by atoms with van der Waals surface area (Å²) in [5.41, 5.74) is 1.44. The van der Waals surface area contributed by atoms with E-state index in [0.717, 1.165) is 10.2 Å². The van der Waals surface area contributed by atoms with Crippen LogP contribution in [-0.2, 0) is 0 Å². The Kier molecular flexibility index (Phi) is 3.93. The molecule has 0 unspecified atom stereocenters. The molecule has 2 heterocycles. The van der Waals surface area contributed by atoms with Gasteiger partial charge in [-0.05, 0) is 24.3 Å². The highest BCUT2D eigenvalue weighted by Gasteiger charge is 2.15. The first-order valence-corrected chi connectivity index (χ1v) is 8.65. The van der Waals surface area contributed by atoms with E-state index in [1.165, 1.54) is 28.6 Å². The van der Waals surface area contributed by atoms with E-state index in [4.69, 9.17) is 9.15 Å². The van der Waals surface area contributed by atoms with E-state index in [9.17, 15) is 9.59 Å². The minimum Gasteiger partial charge on any atom is -0.463 e. The lowest BCUT2D eigenvalue weighted by Crippen LogP contribution is -2.25. The molecule has 0 aliphatic heterocycles. The van der Waals surface area contributed by atoms with E-state index in [0.29, 0.717) is 27.3 Å². The molecule has 0 aliphatic rings. The zero-order valence-electron chi connectivity index (χ0n) is 14.1. The lowest BCUT2D eigenvalue weighted by atomic mass is 10.1. The standard InChI is InChI=1S/C19H14N2O4S/c1-21(2)19(23)25-11-7-8-12-15(9-11)24-10-13(17(12)22)18-20-14-5-3-4-6-16(14)26-18/h3-10H,1-2H3. The van der Waals surface area contributed by atoms with Crippen LogP contribution in [0, 0.1) is 0 Å². The minimum atomic E-state index is -0.502. The van der Waals surface area contributed by atoms with E-state index >= 15 is 0 Å². The van der Waals surface area contributed by atoms with Gasteiger partial charge in [-0.2, -0.15) is 0 Å². The maximum absolute atomic E-state index is 12.8. The van der Waals surface area contributed by atoms with Gasteiger partial charge in [0.1, 0.15) is 22.6 Å². The summed E-state index contributed by atoms with van der Waals surface area (Å²) in [6, 6.07) is 12.4.